The molecule has 0 spiro atoms. The Morgan fingerprint density at radius 2 is 1.67 bits per heavy atom. The Balaban J connectivity index is 1.81. The van der Waals surface area contributed by atoms with Crippen LogP contribution in [-0.4, -0.2) is 29.6 Å². The summed E-state index contributed by atoms with van der Waals surface area (Å²) in [7, 11) is 0. The van der Waals surface area contributed by atoms with E-state index < -0.39 is 34.4 Å². The van der Waals surface area contributed by atoms with Crippen LogP contribution < -0.4 is 0 Å². The number of alkyl halides is 2. The molecule has 154 valence electrons. The summed E-state index contributed by atoms with van der Waals surface area (Å²) in [6.45, 7) is 7.68. The van der Waals surface area contributed by atoms with E-state index in [2.05, 4.69) is 0 Å². The molecule has 0 aromatic carbocycles. The zero-order valence-electron chi connectivity index (χ0n) is 17.1. The van der Waals surface area contributed by atoms with Gasteiger partial charge in [0.15, 0.2) is 6.10 Å². The van der Waals surface area contributed by atoms with Crippen LogP contribution in [0.3, 0.4) is 0 Å². The summed E-state index contributed by atoms with van der Waals surface area (Å²) in [5.74, 6) is -3.28. The molecule has 0 amide bonds. The summed E-state index contributed by atoms with van der Waals surface area (Å²) in [6.07, 6.45) is 3.47. The summed E-state index contributed by atoms with van der Waals surface area (Å²) in [6, 6.07) is 0. The van der Waals surface area contributed by atoms with E-state index in [1.807, 2.05) is 20.8 Å². The van der Waals surface area contributed by atoms with Gasteiger partial charge in [-0.05, 0) is 71.1 Å². The Labute approximate surface area is 160 Å². The highest BCUT2D eigenvalue weighted by Crippen LogP contribution is 2.63. The molecule has 4 nitrogen and oxygen atoms in total. The fourth-order valence-corrected chi connectivity index (χ4v) is 5.40. The van der Waals surface area contributed by atoms with Crippen molar-refractivity contribution in [2.24, 2.45) is 22.7 Å². The number of rotatable bonds is 6. The van der Waals surface area contributed by atoms with Crippen LogP contribution in [0.25, 0.3) is 0 Å². The molecule has 0 saturated heterocycles. The second-order valence-corrected chi connectivity index (χ2v) is 10.1. The van der Waals surface area contributed by atoms with Crippen LogP contribution in [0.1, 0.15) is 79.6 Å². The molecule has 4 saturated carbocycles. The van der Waals surface area contributed by atoms with Gasteiger partial charge < -0.3 is 9.47 Å². The van der Waals surface area contributed by atoms with Gasteiger partial charge in [-0.1, -0.05) is 6.92 Å². The van der Waals surface area contributed by atoms with Crippen LogP contribution in [0.15, 0.2) is 0 Å². The van der Waals surface area contributed by atoms with Crippen molar-refractivity contribution in [1.29, 1.82) is 0 Å². The minimum Gasteiger partial charge on any atom is -0.459 e. The van der Waals surface area contributed by atoms with Gasteiger partial charge in [-0.25, -0.2) is 8.78 Å². The topological polar surface area (TPSA) is 52.6 Å². The number of hydrogen-bond acceptors (Lipinski definition) is 4. The van der Waals surface area contributed by atoms with Gasteiger partial charge in [-0.3, -0.25) is 9.59 Å². The zero-order chi connectivity index (χ0) is 20.3. The molecule has 6 heteroatoms. The first-order valence-electron chi connectivity index (χ1n) is 10.1. The lowest BCUT2D eigenvalue weighted by molar-refractivity contribution is -0.224. The summed E-state index contributed by atoms with van der Waals surface area (Å²) in [5, 5.41) is 0. The van der Waals surface area contributed by atoms with E-state index in [9.17, 15) is 18.4 Å². The summed E-state index contributed by atoms with van der Waals surface area (Å²) in [4.78, 5) is 25.7. The van der Waals surface area contributed by atoms with E-state index in [1.54, 1.807) is 0 Å². The monoisotopic (exact) mass is 386 g/mol. The molecule has 0 aromatic heterocycles. The highest BCUT2D eigenvalue weighted by Gasteiger charge is 2.63. The molecule has 0 N–H and O–H groups in total. The zero-order valence-corrected chi connectivity index (χ0v) is 17.1. The average Bonchev–Trinajstić information content (AvgIpc) is 2.52. The maximum Gasteiger partial charge on any atom is 0.312 e. The molecule has 3 atom stereocenters. The van der Waals surface area contributed by atoms with Gasteiger partial charge in [-0.2, -0.15) is 0 Å². The molecule has 0 heterocycles. The molecule has 27 heavy (non-hydrogen) atoms. The first kappa shape index (κ1) is 20.5. The molecule has 4 aliphatic rings. The van der Waals surface area contributed by atoms with Crippen molar-refractivity contribution in [1.82, 2.24) is 0 Å². The number of esters is 2. The number of carbonyl (C=O) groups excluding carboxylic acids is 2. The van der Waals surface area contributed by atoms with Gasteiger partial charge in [0.2, 0.25) is 0 Å². The quantitative estimate of drug-likeness (QED) is 0.610. The van der Waals surface area contributed by atoms with Crippen molar-refractivity contribution >= 4 is 11.9 Å². The smallest absolute Gasteiger partial charge is 0.312 e. The predicted octanol–water partition coefficient (Wildman–Crippen LogP) is 4.89. The second kappa shape index (κ2) is 6.41. The predicted molar refractivity (Wildman–Crippen MR) is 96.2 cm³/mol. The first-order chi connectivity index (χ1) is 12.3. The minimum absolute atomic E-state index is 0.232. The molecule has 0 radical (unpaired) electrons. The normalized spacial score (nSPS) is 36.4. The van der Waals surface area contributed by atoms with Crippen molar-refractivity contribution in [3.05, 3.63) is 0 Å². The molecule has 3 unspecified atom stereocenters. The van der Waals surface area contributed by atoms with Crippen LogP contribution in [0.2, 0.25) is 0 Å². The largest absolute Gasteiger partial charge is 0.459 e. The molecule has 0 aromatic rings. The summed E-state index contributed by atoms with van der Waals surface area (Å²) >= 11 is 0. The fraction of sp³-hybridized carbons (Fsp3) is 0.905. The number of carbonyl (C=O) groups is 2. The van der Waals surface area contributed by atoms with E-state index in [1.165, 1.54) is 6.92 Å². The Bertz CT molecular complexity index is 608. The lowest BCUT2D eigenvalue weighted by atomic mass is 9.48. The van der Waals surface area contributed by atoms with Crippen LogP contribution in [0.5, 0.6) is 0 Å². The van der Waals surface area contributed by atoms with Crippen molar-refractivity contribution in [2.45, 2.75) is 97.2 Å². The minimum atomic E-state index is -3.08. The van der Waals surface area contributed by atoms with Gasteiger partial charge in [0.1, 0.15) is 5.60 Å². The van der Waals surface area contributed by atoms with Gasteiger partial charge >= 0.3 is 11.9 Å². The highest BCUT2D eigenvalue weighted by molar-refractivity contribution is 5.79. The fourth-order valence-electron chi connectivity index (χ4n) is 5.40. The Morgan fingerprint density at radius 3 is 2.15 bits per heavy atom. The third-order valence-electron chi connectivity index (χ3n) is 7.18. The maximum absolute atomic E-state index is 13.5. The first-order valence-corrected chi connectivity index (χ1v) is 10.1. The van der Waals surface area contributed by atoms with E-state index in [-0.39, 0.29) is 17.8 Å². The molecule has 0 aliphatic heterocycles. The third kappa shape index (κ3) is 3.73. The van der Waals surface area contributed by atoms with Crippen LogP contribution >= 0.6 is 0 Å². The molecular formula is C21H32F2O4. The molecule has 4 fully saturated rings. The SMILES string of the molecule is CCC(C)(C)C(=O)OC12CC3CC(C1)CC(C(=O)OC(C)C(C)(F)F)(C3)C2. The van der Waals surface area contributed by atoms with E-state index in [0.717, 1.165) is 26.2 Å². The van der Waals surface area contributed by atoms with Crippen molar-refractivity contribution in [2.75, 3.05) is 0 Å². The third-order valence-corrected chi connectivity index (χ3v) is 7.18. The molecular weight excluding hydrogens is 354 g/mol. The average molecular weight is 386 g/mol. The summed E-state index contributed by atoms with van der Waals surface area (Å²) < 4.78 is 38.3. The van der Waals surface area contributed by atoms with Gasteiger partial charge in [0.05, 0.1) is 10.8 Å². The lowest BCUT2D eigenvalue weighted by Crippen LogP contribution is -2.61. The number of halogens is 2. The van der Waals surface area contributed by atoms with Gasteiger partial charge in [0.25, 0.3) is 5.92 Å². The van der Waals surface area contributed by atoms with E-state index in [0.29, 0.717) is 25.7 Å². The summed E-state index contributed by atoms with van der Waals surface area (Å²) in [5.41, 5.74) is -2.01. The Hall–Kier alpha value is -1.20. The van der Waals surface area contributed by atoms with Crippen molar-refractivity contribution in [3.63, 3.8) is 0 Å². The van der Waals surface area contributed by atoms with Crippen LogP contribution in [0.4, 0.5) is 8.78 Å². The molecule has 4 aliphatic carbocycles. The standard InChI is InChI=1S/C21H32F2O4/c1-6-18(3,4)16(24)27-21-10-14-7-15(11-21)9-20(8-14,12-21)17(25)26-13(2)19(5,22)23/h13-15H,6-12H2,1-5H3. The number of ether oxygens (including phenoxy) is 2. The Morgan fingerprint density at radius 1 is 1.11 bits per heavy atom. The second-order valence-electron chi connectivity index (χ2n) is 10.1. The Kier molecular flexibility index (Phi) is 4.88. The van der Waals surface area contributed by atoms with Crippen LogP contribution in [-0.2, 0) is 19.1 Å². The highest BCUT2D eigenvalue weighted by atomic mass is 19.3. The number of hydrogen-bond donors (Lipinski definition) is 0. The van der Waals surface area contributed by atoms with Crippen molar-refractivity contribution < 1.29 is 27.8 Å². The van der Waals surface area contributed by atoms with Crippen LogP contribution in [0, 0.1) is 22.7 Å². The molecule has 4 rings (SSSR count). The lowest BCUT2D eigenvalue weighted by Gasteiger charge is -2.60. The van der Waals surface area contributed by atoms with Gasteiger partial charge in [0, 0.05) is 13.3 Å². The van der Waals surface area contributed by atoms with Crippen molar-refractivity contribution in [3.8, 4) is 0 Å². The van der Waals surface area contributed by atoms with Gasteiger partial charge in [-0.15, -0.1) is 0 Å². The maximum atomic E-state index is 13.5. The molecule has 4 bridgehead atoms. The van der Waals surface area contributed by atoms with E-state index >= 15 is 0 Å². The van der Waals surface area contributed by atoms with E-state index in [4.69, 9.17) is 9.47 Å².